The molecule has 1 fully saturated rings. The van der Waals surface area contributed by atoms with E-state index < -0.39 is 43.8 Å². The molecule has 0 bridgehead atoms. The number of anilines is 2. The molecule has 0 unspecified atom stereocenters. The number of H-pyrrole nitrogens is 2. The summed E-state index contributed by atoms with van der Waals surface area (Å²) in [5.74, 6) is -2.54. The molecule has 2 aromatic heterocycles. The van der Waals surface area contributed by atoms with Crippen LogP contribution >= 0.6 is 0 Å². The quantitative estimate of drug-likeness (QED) is 0.216. The summed E-state index contributed by atoms with van der Waals surface area (Å²) in [7, 11) is -2.27. The minimum atomic E-state index is -4.33. The van der Waals surface area contributed by atoms with Gasteiger partial charge in [-0.25, -0.2) is 17.2 Å². The van der Waals surface area contributed by atoms with Gasteiger partial charge in [-0.1, -0.05) is 13.8 Å². The average Bonchev–Trinajstić information content (AvgIpc) is 3.69. The molecule has 12 nitrogen and oxygen atoms in total. The maximum Gasteiger partial charge on any atom is 0.272 e. The summed E-state index contributed by atoms with van der Waals surface area (Å²) in [6, 6.07) is 10.2. The summed E-state index contributed by atoms with van der Waals surface area (Å²) in [5, 5.41) is 12.8. The second kappa shape index (κ2) is 12.5. The molecule has 1 saturated heterocycles. The lowest BCUT2D eigenvalue weighted by molar-refractivity contribution is 0.102. The largest absolute Gasteiger partial charge is 0.490 e. The predicted octanol–water partition coefficient (Wildman–Crippen LogP) is 4.48. The van der Waals surface area contributed by atoms with Crippen LogP contribution in [-0.4, -0.2) is 77.4 Å². The van der Waals surface area contributed by atoms with Gasteiger partial charge in [-0.2, -0.15) is 9.40 Å². The number of hydrogen-bond acceptors (Lipinski definition) is 7. The molecular weight excluding hydrogens is 632 g/mol. The number of carbonyl (C=O) groups is 2. The Hall–Kier alpha value is -4.60. The number of benzene rings is 2. The van der Waals surface area contributed by atoms with Crippen LogP contribution in [0.2, 0.25) is 0 Å². The van der Waals surface area contributed by atoms with E-state index in [-0.39, 0.29) is 36.3 Å². The Bertz CT molecular complexity index is 1900. The minimum Gasteiger partial charge on any atom is -0.490 e. The number of sulfonamides is 1. The van der Waals surface area contributed by atoms with Crippen LogP contribution in [0.5, 0.6) is 5.75 Å². The summed E-state index contributed by atoms with van der Waals surface area (Å²) in [5.41, 5.74) is 0.814. The zero-order chi connectivity index (χ0) is 33.5. The number of halogens is 2. The smallest absolute Gasteiger partial charge is 0.272 e. The van der Waals surface area contributed by atoms with Gasteiger partial charge >= 0.3 is 0 Å². The van der Waals surface area contributed by atoms with Gasteiger partial charge < -0.3 is 25.3 Å². The van der Waals surface area contributed by atoms with Crippen molar-refractivity contribution >= 4 is 33.3 Å². The SMILES string of the molecule is CN1CCC(Oc2ccc(C(=O)Nc3n[nH]c4c3CN(S(=O)(=O)c3cc(F)cc(F)c3)CC4(C)C)c(NC(=O)c3ccc[nH]3)c2)CC1. The third kappa shape index (κ3) is 6.77. The molecule has 4 aromatic rings. The normalized spacial score (nSPS) is 17.2. The van der Waals surface area contributed by atoms with E-state index in [4.69, 9.17) is 4.74 Å². The lowest BCUT2D eigenvalue weighted by atomic mass is 9.84. The van der Waals surface area contributed by atoms with Crippen LogP contribution in [0.4, 0.5) is 20.3 Å². The first-order valence-corrected chi connectivity index (χ1v) is 16.5. The maximum atomic E-state index is 14.0. The lowest BCUT2D eigenvalue weighted by Crippen LogP contribution is -2.45. The Balaban J connectivity index is 1.28. The van der Waals surface area contributed by atoms with Crippen molar-refractivity contribution < 1.29 is 31.5 Å². The van der Waals surface area contributed by atoms with Crippen LogP contribution in [0.25, 0.3) is 0 Å². The van der Waals surface area contributed by atoms with Gasteiger partial charge in [0.15, 0.2) is 5.82 Å². The molecule has 47 heavy (non-hydrogen) atoms. The van der Waals surface area contributed by atoms with Crippen molar-refractivity contribution in [3.63, 3.8) is 0 Å². The zero-order valence-electron chi connectivity index (χ0n) is 26.1. The molecule has 4 N–H and O–H groups in total. The number of ether oxygens (including phenoxy) is 1. The summed E-state index contributed by atoms with van der Waals surface area (Å²) >= 11 is 0. The second-order valence-corrected chi connectivity index (χ2v) is 14.4. The number of amides is 2. The Morgan fingerprint density at radius 2 is 1.74 bits per heavy atom. The minimum absolute atomic E-state index is 0.0102. The number of hydrogen-bond donors (Lipinski definition) is 4. The third-order valence-electron chi connectivity index (χ3n) is 8.45. The van der Waals surface area contributed by atoms with E-state index in [0.29, 0.717) is 28.8 Å². The highest BCUT2D eigenvalue weighted by atomic mass is 32.2. The summed E-state index contributed by atoms with van der Waals surface area (Å²) in [6.07, 6.45) is 3.27. The van der Waals surface area contributed by atoms with Crippen molar-refractivity contribution in [3.05, 3.63) is 88.9 Å². The molecule has 6 rings (SSSR count). The standard InChI is InChI=1S/C32H35F2N7O5S/c1-32(2)18-41(47(44,45)23-14-19(33)13-20(34)15-23)17-25-28(32)38-39-29(25)37-30(42)24-7-6-22(46-21-8-11-40(3)12-9-21)16-27(24)36-31(43)26-5-4-10-35-26/h4-7,10,13-16,21,35H,8-9,11-12,17-18H2,1-3H3,(H,36,43)(H2,37,38,39,42). The molecule has 4 heterocycles. The highest BCUT2D eigenvalue weighted by molar-refractivity contribution is 7.89. The topological polar surface area (TPSA) is 153 Å². The van der Waals surface area contributed by atoms with Gasteiger partial charge in [0.25, 0.3) is 11.8 Å². The molecule has 0 spiro atoms. The van der Waals surface area contributed by atoms with Gasteiger partial charge in [0.1, 0.15) is 29.2 Å². The number of aromatic amines is 2. The molecular formula is C32H35F2N7O5S. The molecule has 248 valence electrons. The van der Waals surface area contributed by atoms with Crippen molar-refractivity contribution in [2.75, 3.05) is 37.3 Å². The van der Waals surface area contributed by atoms with E-state index >= 15 is 0 Å². The Labute approximate surface area is 270 Å². The van der Waals surface area contributed by atoms with Crippen LogP contribution in [0.15, 0.2) is 59.6 Å². The predicted molar refractivity (Wildman–Crippen MR) is 170 cm³/mol. The summed E-state index contributed by atoms with van der Waals surface area (Å²) < 4.78 is 62.3. The fourth-order valence-corrected chi connectivity index (χ4v) is 7.57. The molecule has 0 atom stereocenters. The van der Waals surface area contributed by atoms with Crippen molar-refractivity contribution in [1.82, 2.24) is 24.4 Å². The van der Waals surface area contributed by atoms with Gasteiger partial charge in [-0.15, -0.1) is 0 Å². The van der Waals surface area contributed by atoms with Gasteiger partial charge in [-0.05, 0) is 56.3 Å². The van der Waals surface area contributed by atoms with E-state index in [9.17, 15) is 26.8 Å². The molecule has 2 aliphatic heterocycles. The third-order valence-corrected chi connectivity index (χ3v) is 10.2. The number of rotatable bonds is 8. The number of fused-ring (bicyclic) bond motifs is 1. The highest BCUT2D eigenvalue weighted by Crippen LogP contribution is 2.38. The van der Waals surface area contributed by atoms with Crippen LogP contribution in [0.3, 0.4) is 0 Å². The average molecular weight is 668 g/mol. The number of nitrogens with zero attached hydrogens (tertiary/aromatic N) is 3. The van der Waals surface area contributed by atoms with Crippen LogP contribution in [0.1, 0.15) is 58.8 Å². The van der Waals surface area contributed by atoms with E-state index in [1.54, 1.807) is 50.4 Å². The first-order chi connectivity index (χ1) is 22.3. The van der Waals surface area contributed by atoms with E-state index in [1.165, 1.54) is 0 Å². The number of carbonyl (C=O) groups excluding carboxylic acids is 2. The Morgan fingerprint density at radius 1 is 1.02 bits per heavy atom. The van der Waals surface area contributed by atoms with E-state index in [2.05, 4.69) is 37.8 Å². The maximum absolute atomic E-state index is 14.0. The van der Waals surface area contributed by atoms with Gasteiger partial charge in [0.2, 0.25) is 10.0 Å². The fraction of sp³-hybridized carbons (Fsp3) is 0.344. The molecule has 0 radical (unpaired) electrons. The number of likely N-dealkylation sites (tertiary alicyclic amines) is 1. The van der Waals surface area contributed by atoms with Crippen LogP contribution in [0, 0.1) is 11.6 Å². The second-order valence-electron chi connectivity index (χ2n) is 12.5. The highest BCUT2D eigenvalue weighted by Gasteiger charge is 2.41. The molecule has 0 aliphatic carbocycles. The molecule has 15 heteroatoms. The number of aromatic nitrogens is 3. The van der Waals surface area contributed by atoms with Crippen molar-refractivity contribution in [1.29, 1.82) is 0 Å². The monoisotopic (exact) mass is 667 g/mol. The number of piperidine rings is 1. The van der Waals surface area contributed by atoms with Crippen LogP contribution in [-0.2, 0) is 22.0 Å². The fourth-order valence-electron chi connectivity index (χ4n) is 5.96. The summed E-state index contributed by atoms with van der Waals surface area (Å²) in [4.78, 5) is 31.3. The van der Waals surface area contributed by atoms with Gasteiger partial charge in [0.05, 0.1) is 16.1 Å². The van der Waals surface area contributed by atoms with Crippen LogP contribution < -0.4 is 15.4 Å². The molecule has 2 aromatic carbocycles. The van der Waals surface area contributed by atoms with Gasteiger partial charge in [-0.3, -0.25) is 14.7 Å². The molecule has 2 aliphatic rings. The molecule has 2 amide bonds. The van der Waals surface area contributed by atoms with Crippen molar-refractivity contribution in [2.45, 2.75) is 49.6 Å². The zero-order valence-corrected chi connectivity index (χ0v) is 26.9. The van der Waals surface area contributed by atoms with Crippen molar-refractivity contribution in [3.8, 4) is 5.75 Å². The molecule has 0 saturated carbocycles. The first-order valence-electron chi connectivity index (χ1n) is 15.1. The van der Waals surface area contributed by atoms with E-state index in [0.717, 1.165) is 42.4 Å². The lowest BCUT2D eigenvalue weighted by Gasteiger charge is -2.36. The van der Waals surface area contributed by atoms with Crippen molar-refractivity contribution in [2.24, 2.45) is 0 Å². The summed E-state index contributed by atoms with van der Waals surface area (Å²) in [6.45, 7) is 5.14. The number of nitrogens with one attached hydrogen (secondary N) is 4. The van der Waals surface area contributed by atoms with Gasteiger partial charge in [0, 0.05) is 61.2 Å². The first kappa shape index (κ1) is 32.3. The Kier molecular flexibility index (Phi) is 8.63. The van der Waals surface area contributed by atoms with E-state index in [1.807, 2.05) is 0 Å². The Morgan fingerprint density at radius 3 is 2.43 bits per heavy atom.